The fourth-order valence-corrected chi connectivity index (χ4v) is 1.96. The van der Waals surface area contributed by atoms with Crippen LogP contribution in [0.2, 0.25) is 0 Å². The van der Waals surface area contributed by atoms with Crippen molar-refractivity contribution in [3.05, 3.63) is 53.5 Å². The fraction of sp³-hybridized carbons (Fsp3) is 0.133. The predicted molar refractivity (Wildman–Crippen MR) is 75.9 cm³/mol. The van der Waals surface area contributed by atoms with Crippen LogP contribution in [0.15, 0.2) is 45.4 Å². The largest absolute Gasteiger partial charge is 0.359 e. The standard InChI is InChI=1S/C15H13N3O3/c1-9-14(10(2)20-17-9)16-15(19)12-8-13(21-18-12)11-6-4-3-5-7-11/h3-8H,1-2H3,(H,16,19). The van der Waals surface area contributed by atoms with Gasteiger partial charge in [0.05, 0.1) is 0 Å². The summed E-state index contributed by atoms with van der Waals surface area (Å²) >= 11 is 0. The number of amides is 1. The summed E-state index contributed by atoms with van der Waals surface area (Å²) < 4.78 is 10.2. The zero-order valence-corrected chi connectivity index (χ0v) is 11.6. The predicted octanol–water partition coefficient (Wildman–Crippen LogP) is 3.20. The highest BCUT2D eigenvalue weighted by Gasteiger charge is 2.17. The number of carbonyl (C=O) groups excluding carboxylic acids is 1. The second-order valence-corrected chi connectivity index (χ2v) is 4.60. The molecule has 0 spiro atoms. The minimum atomic E-state index is -0.365. The molecule has 1 N–H and O–H groups in total. The molecule has 0 radical (unpaired) electrons. The molecule has 2 heterocycles. The Morgan fingerprint density at radius 1 is 1.10 bits per heavy atom. The first-order valence-corrected chi connectivity index (χ1v) is 6.41. The number of nitrogens with one attached hydrogen (secondary N) is 1. The second-order valence-electron chi connectivity index (χ2n) is 4.60. The highest BCUT2D eigenvalue weighted by atomic mass is 16.5. The Kier molecular flexibility index (Phi) is 3.27. The van der Waals surface area contributed by atoms with Crippen molar-refractivity contribution in [3.8, 4) is 11.3 Å². The fourth-order valence-electron chi connectivity index (χ4n) is 1.96. The molecular formula is C15H13N3O3. The van der Waals surface area contributed by atoms with E-state index in [1.54, 1.807) is 19.9 Å². The summed E-state index contributed by atoms with van der Waals surface area (Å²) in [5.41, 5.74) is 2.24. The molecule has 3 aromatic rings. The van der Waals surface area contributed by atoms with E-state index >= 15 is 0 Å². The van der Waals surface area contributed by atoms with Crippen LogP contribution in [0.5, 0.6) is 0 Å². The molecule has 0 aliphatic carbocycles. The van der Waals surface area contributed by atoms with E-state index < -0.39 is 0 Å². The Hall–Kier alpha value is -2.89. The number of rotatable bonds is 3. The molecule has 0 fully saturated rings. The van der Waals surface area contributed by atoms with Crippen LogP contribution in [0.4, 0.5) is 5.69 Å². The first-order chi connectivity index (χ1) is 10.1. The number of nitrogens with zero attached hydrogens (tertiary/aromatic N) is 2. The van der Waals surface area contributed by atoms with Gasteiger partial charge in [-0.1, -0.05) is 40.6 Å². The van der Waals surface area contributed by atoms with Crippen LogP contribution in [-0.4, -0.2) is 16.2 Å². The van der Waals surface area contributed by atoms with Gasteiger partial charge in [-0.3, -0.25) is 4.79 Å². The summed E-state index contributed by atoms with van der Waals surface area (Å²) in [6, 6.07) is 11.1. The molecule has 0 saturated heterocycles. The SMILES string of the molecule is Cc1noc(C)c1NC(=O)c1cc(-c2ccccc2)on1. The lowest BCUT2D eigenvalue weighted by Gasteiger charge is -2.00. The van der Waals surface area contributed by atoms with E-state index in [2.05, 4.69) is 15.6 Å². The van der Waals surface area contributed by atoms with Crippen molar-refractivity contribution < 1.29 is 13.8 Å². The first kappa shape index (κ1) is 13.1. The van der Waals surface area contributed by atoms with Gasteiger partial charge in [0.15, 0.2) is 17.2 Å². The summed E-state index contributed by atoms with van der Waals surface area (Å²) in [4.78, 5) is 12.2. The number of benzene rings is 1. The van der Waals surface area contributed by atoms with Crippen molar-refractivity contribution in [2.24, 2.45) is 0 Å². The van der Waals surface area contributed by atoms with E-state index in [-0.39, 0.29) is 11.6 Å². The quantitative estimate of drug-likeness (QED) is 0.798. The number of aryl methyl sites for hydroxylation is 2. The van der Waals surface area contributed by atoms with Crippen LogP contribution in [-0.2, 0) is 0 Å². The zero-order valence-electron chi connectivity index (χ0n) is 11.6. The highest BCUT2D eigenvalue weighted by Crippen LogP contribution is 2.22. The average Bonchev–Trinajstić information content (AvgIpc) is 3.11. The molecule has 0 bridgehead atoms. The van der Waals surface area contributed by atoms with Gasteiger partial charge in [-0.2, -0.15) is 0 Å². The van der Waals surface area contributed by atoms with Crippen LogP contribution in [0.3, 0.4) is 0 Å². The van der Waals surface area contributed by atoms with Crippen molar-refractivity contribution in [1.29, 1.82) is 0 Å². The summed E-state index contributed by atoms with van der Waals surface area (Å²) in [5, 5.41) is 10.3. The summed E-state index contributed by atoms with van der Waals surface area (Å²) in [6.07, 6.45) is 0. The molecule has 6 heteroatoms. The van der Waals surface area contributed by atoms with Gasteiger partial charge in [-0.15, -0.1) is 0 Å². The monoisotopic (exact) mass is 283 g/mol. The third kappa shape index (κ3) is 2.55. The molecule has 2 aromatic heterocycles. The Labute approximate surface area is 120 Å². The summed E-state index contributed by atoms with van der Waals surface area (Å²) in [7, 11) is 0. The van der Waals surface area contributed by atoms with Crippen molar-refractivity contribution in [2.75, 3.05) is 5.32 Å². The topological polar surface area (TPSA) is 81.2 Å². The van der Waals surface area contributed by atoms with E-state index in [0.29, 0.717) is 22.9 Å². The second kappa shape index (κ2) is 5.24. The van der Waals surface area contributed by atoms with Crippen LogP contribution in [0.1, 0.15) is 21.9 Å². The number of hydrogen-bond donors (Lipinski definition) is 1. The number of anilines is 1. The average molecular weight is 283 g/mol. The lowest BCUT2D eigenvalue weighted by atomic mass is 10.1. The van der Waals surface area contributed by atoms with E-state index in [1.807, 2.05) is 30.3 Å². The van der Waals surface area contributed by atoms with E-state index in [1.165, 1.54) is 0 Å². The molecule has 0 aliphatic heterocycles. The summed E-state index contributed by atoms with van der Waals surface area (Å²) in [5.74, 6) is 0.725. The molecule has 0 saturated carbocycles. The first-order valence-electron chi connectivity index (χ1n) is 6.41. The van der Waals surface area contributed by atoms with E-state index in [4.69, 9.17) is 9.05 Å². The minimum absolute atomic E-state index is 0.203. The zero-order chi connectivity index (χ0) is 14.8. The molecule has 3 rings (SSSR count). The Balaban J connectivity index is 1.82. The smallest absolute Gasteiger partial charge is 0.278 e. The van der Waals surface area contributed by atoms with Gasteiger partial charge in [0.1, 0.15) is 11.4 Å². The maximum Gasteiger partial charge on any atom is 0.278 e. The van der Waals surface area contributed by atoms with Crippen LogP contribution in [0.25, 0.3) is 11.3 Å². The molecule has 21 heavy (non-hydrogen) atoms. The molecule has 1 amide bonds. The van der Waals surface area contributed by atoms with E-state index in [0.717, 1.165) is 5.56 Å². The third-order valence-corrected chi connectivity index (χ3v) is 3.07. The molecule has 1 aromatic carbocycles. The van der Waals surface area contributed by atoms with Crippen molar-refractivity contribution in [2.45, 2.75) is 13.8 Å². The van der Waals surface area contributed by atoms with E-state index in [9.17, 15) is 4.79 Å². The molecular weight excluding hydrogens is 270 g/mol. The normalized spacial score (nSPS) is 10.6. The van der Waals surface area contributed by atoms with Crippen molar-refractivity contribution >= 4 is 11.6 Å². The molecule has 0 unspecified atom stereocenters. The minimum Gasteiger partial charge on any atom is -0.359 e. The third-order valence-electron chi connectivity index (χ3n) is 3.07. The van der Waals surface area contributed by atoms with Gasteiger partial charge in [-0.05, 0) is 13.8 Å². The van der Waals surface area contributed by atoms with Crippen molar-refractivity contribution in [3.63, 3.8) is 0 Å². The molecule has 0 atom stereocenters. The van der Waals surface area contributed by atoms with Crippen LogP contribution < -0.4 is 5.32 Å². The molecule has 106 valence electrons. The molecule has 6 nitrogen and oxygen atoms in total. The van der Waals surface area contributed by atoms with Gasteiger partial charge in [0, 0.05) is 11.6 Å². The Morgan fingerprint density at radius 2 is 1.86 bits per heavy atom. The Bertz CT molecular complexity index is 755. The van der Waals surface area contributed by atoms with Gasteiger partial charge < -0.3 is 14.4 Å². The van der Waals surface area contributed by atoms with Crippen LogP contribution in [0, 0.1) is 13.8 Å². The van der Waals surface area contributed by atoms with Crippen molar-refractivity contribution in [1.82, 2.24) is 10.3 Å². The van der Waals surface area contributed by atoms with Gasteiger partial charge in [-0.25, -0.2) is 0 Å². The van der Waals surface area contributed by atoms with Crippen LogP contribution >= 0.6 is 0 Å². The Morgan fingerprint density at radius 3 is 2.52 bits per heavy atom. The molecule has 0 aliphatic rings. The van der Waals surface area contributed by atoms with Gasteiger partial charge in [0.2, 0.25) is 0 Å². The lowest BCUT2D eigenvalue weighted by Crippen LogP contribution is -2.13. The van der Waals surface area contributed by atoms with Gasteiger partial charge >= 0.3 is 0 Å². The number of aromatic nitrogens is 2. The number of hydrogen-bond acceptors (Lipinski definition) is 5. The maximum atomic E-state index is 12.2. The highest BCUT2D eigenvalue weighted by molar-refractivity contribution is 6.03. The van der Waals surface area contributed by atoms with Gasteiger partial charge in [0.25, 0.3) is 5.91 Å². The number of carbonyl (C=O) groups is 1. The lowest BCUT2D eigenvalue weighted by molar-refractivity contribution is 0.101. The summed E-state index contributed by atoms with van der Waals surface area (Å²) in [6.45, 7) is 3.48. The maximum absolute atomic E-state index is 12.2.